The predicted molar refractivity (Wildman–Crippen MR) is 57.4 cm³/mol. The summed E-state index contributed by atoms with van der Waals surface area (Å²) in [5.41, 5.74) is 1.06. The van der Waals surface area contributed by atoms with Crippen LogP contribution in [-0.4, -0.2) is 28.7 Å². The Labute approximate surface area is 92.7 Å². The van der Waals surface area contributed by atoms with Crippen LogP contribution in [0.15, 0.2) is 24.3 Å². The first-order valence-corrected chi connectivity index (χ1v) is 4.76. The van der Waals surface area contributed by atoms with Gasteiger partial charge in [-0.2, -0.15) is 0 Å². The molecule has 0 saturated heterocycles. The van der Waals surface area contributed by atoms with Crippen LogP contribution in [0.1, 0.15) is 28.9 Å². The van der Waals surface area contributed by atoms with Crippen molar-refractivity contribution in [2.45, 2.75) is 13.0 Å². The summed E-state index contributed by atoms with van der Waals surface area (Å²) in [5, 5.41) is 19.8. The second-order valence-corrected chi connectivity index (χ2v) is 3.37. The van der Waals surface area contributed by atoms with Crippen molar-refractivity contribution in [3.05, 3.63) is 35.4 Å². The Balaban J connectivity index is 2.96. The number of carbonyl (C=O) groups excluding carboxylic acids is 1. The van der Waals surface area contributed by atoms with Gasteiger partial charge in [-0.1, -0.05) is 18.2 Å². The standard InChI is InChI=1S/C11H13NO4/c1-7(14)8-3-2-4-9(5-8)10(6-13)12-11(15)16/h2-5,10,12-13H,6H2,1H3,(H,15,16). The van der Waals surface area contributed by atoms with E-state index in [0.717, 1.165) is 0 Å². The van der Waals surface area contributed by atoms with E-state index in [2.05, 4.69) is 5.32 Å². The van der Waals surface area contributed by atoms with Crippen molar-refractivity contribution in [1.29, 1.82) is 0 Å². The largest absolute Gasteiger partial charge is 0.465 e. The highest BCUT2D eigenvalue weighted by molar-refractivity contribution is 5.94. The van der Waals surface area contributed by atoms with E-state index in [-0.39, 0.29) is 12.4 Å². The summed E-state index contributed by atoms with van der Waals surface area (Å²) in [4.78, 5) is 21.6. The monoisotopic (exact) mass is 223 g/mol. The maximum Gasteiger partial charge on any atom is 0.405 e. The molecule has 0 spiro atoms. The molecule has 5 nitrogen and oxygen atoms in total. The van der Waals surface area contributed by atoms with E-state index in [4.69, 9.17) is 10.2 Å². The Morgan fingerprint density at radius 2 is 2.12 bits per heavy atom. The van der Waals surface area contributed by atoms with Crippen molar-refractivity contribution in [2.24, 2.45) is 0 Å². The van der Waals surface area contributed by atoms with E-state index in [1.54, 1.807) is 24.3 Å². The van der Waals surface area contributed by atoms with E-state index in [0.29, 0.717) is 11.1 Å². The van der Waals surface area contributed by atoms with Gasteiger partial charge in [0.2, 0.25) is 0 Å². The molecular weight excluding hydrogens is 210 g/mol. The first-order valence-electron chi connectivity index (χ1n) is 4.76. The van der Waals surface area contributed by atoms with Crippen LogP contribution in [0.4, 0.5) is 4.79 Å². The number of carboxylic acid groups (broad SMARTS) is 1. The van der Waals surface area contributed by atoms with Gasteiger partial charge in [0.1, 0.15) is 0 Å². The summed E-state index contributed by atoms with van der Waals surface area (Å²) in [6, 6.07) is 5.80. The highest BCUT2D eigenvalue weighted by atomic mass is 16.4. The Morgan fingerprint density at radius 3 is 2.62 bits per heavy atom. The molecule has 5 heteroatoms. The zero-order chi connectivity index (χ0) is 12.1. The molecular formula is C11H13NO4. The normalized spacial score (nSPS) is 11.9. The van der Waals surface area contributed by atoms with Crippen LogP contribution < -0.4 is 5.32 Å². The minimum absolute atomic E-state index is 0.103. The molecule has 3 N–H and O–H groups in total. The van der Waals surface area contributed by atoms with Crippen LogP contribution >= 0.6 is 0 Å². The zero-order valence-corrected chi connectivity index (χ0v) is 8.80. The first kappa shape index (κ1) is 12.2. The van der Waals surface area contributed by atoms with Crippen LogP contribution in [0, 0.1) is 0 Å². The number of aliphatic hydroxyl groups is 1. The SMILES string of the molecule is CC(=O)c1cccc(C(CO)NC(=O)O)c1. The average Bonchev–Trinajstić information content (AvgIpc) is 2.25. The number of ketones is 1. The lowest BCUT2D eigenvalue weighted by Gasteiger charge is -2.14. The molecule has 86 valence electrons. The van der Waals surface area contributed by atoms with Gasteiger partial charge in [-0.05, 0) is 18.6 Å². The number of carbonyl (C=O) groups is 2. The number of benzene rings is 1. The lowest BCUT2D eigenvalue weighted by atomic mass is 10.0. The molecule has 16 heavy (non-hydrogen) atoms. The summed E-state index contributed by atoms with van der Waals surface area (Å²) >= 11 is 0. The highest BCUT2D eigenvalue weighted by Crippen LogP contribution is 2.14. The van der Waals surface area contributed by atoms with Crippen molar-refractivity contribution in [1.82, 2.24) is 5.32 Å². The van der Waals surface area contributed by atoms with Crippen molar-refractivity contribution in [2.75, 3.05) is 6.61 Å². The van der Waals surface area contributed by atoms with Gasteiger partial charge in [-0.3, -0.25) is 4.79 Å². The molecule has 0 radical (unpaired) electrons. The smallest absolute Gasteiger partial charge is 0.405 e. The molecule has 0 fully saturated rings. The topological polar surface area (TPSA) is 86.6 Å². The molecule has 0 aliphatic carbocycles. The van der Waals surface area contributed by atoms with Gasteiger partial charge in [-0.15, -0.1) is 0 Å². The molecule has 1 rings (SSSR count). The third kappa shape index (κ3) is 3.06. The van der Waals surface area contributed by atoms with Gasteiger partial charge >= 0.3 is 6.09 Å². The molecule has 0 aliphatic rings. The van der Waals surface area contributed by atoms with Crippen molar-refractivity contribution >= 4 is 11.9 Å². The Kier molecular flexibility index (Phi) is 4.02. The van der Waals surface area contributed by atoms with Gasteiger partial charge in [0, 0.05) is 5.56 Å². The van der Waals surface area contributed by atoms with E-state index in [1.807, 2.05) is 0 Å². The summed E-state index contributed by atoms with van der Waals surface area (Å²) in [7, 11) is 0. The van der Waals surface area contributed by atoms with Crippen molar-refractivity contribution < 1.29 is 19.8 Å². The van der Waals surface area contributed by atoms with Gasteiger partial charge in [0.25, 0.3) is 0 Å². The quantitative estimate of drug-likeness (QED) is 0.669. The fraction of sp³-hybridized carbons (Fsp3) is 0.273. The maximum atomic E-state index is 11.1. The number of Topliss-reactive ketones (excluding diaryl/α,β-unsaturated/α-hetero) is 1. The van der Waals surface area contributed by atoms with Crippen LogP contribution in [0.5, 0.6) is 0 Å². The number of hydrogen-bond acceptors (Lipinski definition) is 3. The number of rotatable bonds is 4. The fourth-order valence-corrected chi connectivity index (χ4v) is 1.36. The van der Waals surface area contributed by atoms with Crippen molar-refractivity contribution in [3.63, 3.8) is 0 Å². The average molecular weight is 223 g/mol. The van der Waals surface area contributed by atoms with Gasteiger partial charge in [0.15, 0.2) is 5.78 Å². The third-order valence-corrected chi connectivity index (χ3v) is 2.18. The van der Waals surface area contributed by atoms with Gasteiger partial charge in [0.05, 0.1) is 12.6 Å². The predicted octanol–water partition coefficient (Wildman–Crippen LogP) is 1.19. The van der Waals surface area contributed by atoms with Crippen LogP contribution in [0.3, 0.4) is 0 Å². The molecule has 0 bridgehead atoms. The molecule has 1 unspecified atom stereocenters. The molecule has 0 heterocycles. The molecule has 0 aromatic heterocycles. The number of nitrogens with one attached hydrogen (secondary N) is 1. The second kappa shape index (κ2) is 5.27. The van der Waals surface area contributed by atoms with E-state index >= 15 is 0 Å². The molecule has 1 aromatic carbocycles. The lowest BCUT2D eigenvalue weighted by molar-refractivity contribution is 0.101. The van der Waals surface area contributed by atoms with Crippen LogP contribution in [0.2, 0.25) is 0 Å². The Hall–Kier alpha value is -1.88. The zero-order valence-electron chi connectivity index (χ0n) is 8.80. The Bertz CT molecular complexity index is 403. The number of hydrogen-bond donors (Lipinski definition) is 3. The molecule has 0 saturated carbocycles. The number of aliphatic hydroxyl groups excluding tert-OH is 1. The second-order valence-electron chi connectivity index (χ2n) is 3.37. The molecule has 1 aromatic rings. The van der Waals surface area contributed by atoms with E-state index in [1.165, 1.54) is 6.92 Å². The third-order valence-electron chi connectivity index (χ3n) is 2.18. The summed E-state index contributed by atoms with van der Waals surface area (Å²) < 4.78 is 0. The maximum absolute atomic E-state index is 11.1. The van der Waals surface area contributed by atoms with Crippen LogP contribution in [0.25, 0.3) is 0 Å². The van der Waals surface area contributed by atoms with Gasteiger partial charge in [-0.25, -0.2) is 4.79 Å². The summed E-state index contributed by atoms with van der Waals surface area (Å²) in [5.74, 6) is -0.103. The minimum atomic E-state index is -1.22. The minimum Gasteiger partial charge on any atom is -0.465 e. The molecule has 0 aliphatic heterocycles. The van der Waals surface area contributed by atoms with Crippen molar-refractivity contribution in [3.8, 4) is 0 Å². The fourth-order valence-electron chi connectivity index (χ4n) is 1.36. The highest BCUT2D eigenvalue weighted by Gasteiger charge is 2.13. The van der Waals surface area contributed by atoms with Gasteiger partial charge < -0.3 is 15.5 Å². The lowest BCUT2D eigenvalue weighted by Crippen LogP contribution is -2.29. The Morgan fingerprint density at radius 1 is 1.44 bits per heavy atom. The van der Waals surface area contributed by atoms with E-state index in [9.17, 15) is 9.59 Å². The first-order chi connectivity index (χ1) is 7.54. The molecule has 1 atom stereocenters. The van der Waals surface area contributed by atoms with E-state index < -0.39 is 12.1 Å². The summed E-state index contributed by atoms with van der Waals surface area (Å²) in [6.45, 7) is 1.07. The molecule has 1 amide bonds. The van der Waals surface area contributed by atoms with Crippen LogP contribution in [-0.2, 0) is 0 Å². The summed E-state index contributed by atoms with van der Waals surface area (Å²) in [6.07, 6.45) is -1.22. The number of amides is 1.